The van der Waals surface area contributed by atoms with Crippen LogP contribution in [0, 0.1) is 0 Å². The molecule has 1 saturated heterocycles. The van der Waals surface area contributed by atoms with E-state index in [-0.39, 0.29) is 17.1 Å². The number of hydrogen-bond acceptors (Lipinski definition) is 4. The van der Waals surface area contributed by atoms with E-state index in [4.69, 9.17) is 4.74 Å². The van der Waals surface area contributed by atoms with Crippen molar-refractivity contribution in [2.24, 2.45) is 0 Å². The van der Waals surface area contributed by atoms with E-state index in [1.54, 1.807) is 7.11 Å². The van der Waals surface area contributed by atoms with Crippen molar-refractivity contribution in [1.82, 2.24) is 4.90 Å². The number of amides is 2. The molecular formula is C10H17NO3S. The first-order valence-electron chi connectivity index (χ1n) is 5.06. The number of unbranched alkanes of at least 4 members (excludes halogenated alkanes) is 1. The molecule has 15 heavy (non-hydrogen) atoms. The van der Waals surface area contributed by atoms with Crippen LogP contribution in [0.25, 0.3) is 0 Å². The third-order valence-corrected chi connectivity index (χ3v) is 3.40. The molecule has 1 fully saturated rings. The van der Waals surface area contributed by atoms with Gasteiger partial charge < -0.3 is 4.74 Å². The summed E-state index contributed by atoms with van der Waals surface area (Å²) in [7, 11) is 1.65. The van der Waals surface area contributed by atoms with Crippen molar-refractivity contribution in [2.75, 3.05) is 26.5 Å². The summed E-state index contributed by atoms with van der Waals surface area (Å²) in [5, 5.41) is -0.153. The smallest absolute Gasteiger partial charge is 0.242 e. The second kappa shape index (κ2) is 6.12. The highest BCUT2D eigenvalue weighted by Gasteiger charge is 2.37. The standard InChI is InChI=1S/C10H17NO3S/c1-14-6-4-3-5-11-9(12)7-8(15-2)10(11)13/h8H,3-7H2,1-2H3. The zero-order chi connectivity index (χ0) is 11.3. The first kappa shape index (κ1) is 12.5. The van der Waals surface area contributed by atoms with Gasteiger partial charge in [-0.25, -0.2) is 0 Å². The molecule has 1 unspecified atom stereocenters. The Hall–Kier alpha value is -0.550. The zero-order valence-corrected chi connectivity index (χ0v) is 10.0. The summed E-state index contributed by atoms with van der Waals surface area (Å²) in [4.78, 5) is 24.5. The predicted octanol–water partition coefficient (Wildman–Crippen LogP) is 0.903. The van der Waals surface area contributed by atoms with Gasteiger partial charge >= 0.3 is 0 Å². The summed E-state index contributed by atoms with van der Waals surface area (Å²) in [6, 6.07) is 0. The third-order valence-electron chi connectivity index (χ3n) is 2.47. The number of imide groups is 1. The average Bonchev–Trinajstić information content (AvgIpc) is 2.50. The molecule has 0 aromatic rings. The normalized spacial score (nSPS) is 21.5. The number of ether oxygens (including phenoxy) is 1. The number of rotatable bonds is 6. The molecule has 1 atom stereocenters. The van der Waals surface area contributed by atoms with E-state index in [2.05, 4.69) is 0 Å². The minimum Gasteiger partial charge on any atom is -0.385 e. The number of thioether (sulfide) groups is 1. The molecular weight excluding hydrogens is 214 g/mol. The molecule has 0 bridgehead atoms. The number of carbonyl (C=O) groups is 2. The van der Waals surface area contributed by atoms with E-state index in [0.29, 0.717) is 19.6 Å². The Morgan fingerprint density at radius 3 is 2.73 bits per heavy atom. The van der Waals surface area contributed by atoms with Gasteiger partial charge in [-0.2, -0.15) is 11.8 Å². The summed E-state index contributed by atoms with van der Waals surface area (Å²) in [5.41, 5.74) is 0. The Balaban J connectivity index is 2.34. The summed E-state index contributed by atoms with van der Waals surface area (Å²) < 4.78 is 4.91. The molecule has 0 saturated carbocycles. The van der Waals surface area contributed by atoms with Gasteiger partial charge in [0.1, 0.15) is 0 Å². The Labute approximate surface area is 94.3 Å². The average molecular weight is 231 g/mol. The van der Waals surface area contributed by atoms with Crippen LogP contribution < -0.4 is 0 Å². The van der Waals surface area contributed by atoms with E-state index < -0.39 is 0 Å². The highest BCUT2D eigenvalue weighted by molar-refractivity contribution is 8.00. The van der Waals surface area contributed by atoms with E-state index in [1.165, 1.54) is 16.7 Å². The van der Waals surface area contributed by atoms with Gasteiger partial charge in [0.2, 0.25) is 11.8 Å². The van der Waals surface area contributed by atoms with Gasteiger partial charge in [-0.1, -0.05) is 0 Å². The molecule has 0 aromatic carbocycles. The Kier molecular flexibility index (Phi) is 5.11. The van der Waals surface area contributed by atoms with Gasteiger partial charge in [0.25, 0.3) is 0 Å². The maximum Gasteiger partial charge on any atom is 0.242 e. The summed E-state index contributed by atoms with van der Waals surface area (Å²) in [5.74, 6) is -0.0540. The molecule has 0 spiro atoms. The van der Waals surface area contributed by atoms with Crippen LogP contribution in [0.4, 0.5) is 0 Å². The van der Waals surface area contributed by atoms with Crippen molar-refractivity contribution in [3.05, 3.63) is 0 Å². The van der Waals surface area contributed by atoms with Crippen LogP contribution in [0.1, 0.15) is 19.3 Å². The molecule has 5 heteroatoms. The predicted molar refractivity (Wildman–Crippen MR) is 59.8 cm³/mol. The minimum absolute atomic E-state index is 0.0232. The van der Waals surface area contributed by atoms with Crippen LogP contribution in [0.3, 0.4) is 0 Å². The van der Waals surface area contributed by atoms with E-state index in [0.717, 1.165) is 12.8 Å². The molecule has 86 valence electrons. The van der Waals surface area contributed by atoms with Crippen molar-refractivity contribution in [2.45, 2.75) is 24.5 Å². The fourth-order valence-corrected chi connectivity index (χ4v) is 2.23. The largest absolute Gasteiger partial charge is 0.385 e. The van der Waals surface area contributed by atoms with Gasteiger partial charge in [-0.15, -0.1) is 0 Å². The zero-order valence-electron chi connectivity index (χ0n) is 9.19. The van der Waals surface area contributed by atoms with Gasteiger partial charge in [-0.05, 0) is 19.1 Å². The molecule has 0 N–H and O–H groups in total. The van der Waals surface area contributed by atoms with Gasteiger partial charge in [0.05, 0.1) is 5.25 Å². The molecule has 1 rings (SSSR count). The van der Waals surface area contributed by atoms with Crippen molar-refractivity contribution in [3.8, 4) is 0 Å². The second-order valence-corrected chi connectivity index (χ2v) is 4.55. The lowest BCUT2D eigenvalue weighted by molar-refractivity contribution is -0.138. The number of methoxy groups -OCH3 is 1. The fourth-order valence-electron chi connectivity index (χ4n) is 1.59. The minimum atomic E-state index is -0.153. The summed E-state index contributed by atoms with van der Waals surface area (Å²) in [6.07, 6.45) is 3.94. The number of likely N-dealkylation sites (tertiary alicyclic amines) is 1. The van der Waals surface area contributed by atoms with Crippen LogP contribution in [0.15, 0.2) is 0 Å². The maximum absolute atomic E-state index is 11.7. The molecule has 0 aromatic heterocycles. The highest BCUT2D eigenvalue weighted by Crippen LogP contribution is 2.23. The fraction of sp³-hybridized carbons (Fsp3) is 0.800. The molecule has 1 aliphatic heterocycles. The van der Waals surface area contributed by atoms with Gasteiger partial charge in [0, 0.05) is 26.7 Å². The lowest BCUT2D eigenvalue weighted by Crippen LogP contribution is -2.32. The summed E-state index contributed by atoms with van der Waals surface area (Å²) >= 11 is 1.45. The molecule has 1 aliphatic rings. The molecule has 2 amide bonds. The Morgan fingerprint density at radius 1 is 1.47 bits per heavy atom. The summed E-state index contributed by atoms with van der Waals surface area (Å²) in [6.45, 7) is 1.22. The van der Waals surface area contributed by atoms with Crippen molar-refractivity contribution in [3.63, 3.8) is 0 Å². The monoisotopic (exact) mass is 231 g/mol. The van der Waals surface area contributed by atoms with Crippen molar-refractivity contribution < 1.29 is 14.3 Å². The van der Waals surface area contributed by atoms with Crippen LogP contribution in [-0.2, 0) is 14.3 Å². The quantitative estimate of drug-likeness (QED) is 0.503. The SMILES string of the molecule is COCCCCN1C(=O)CC(SC)C1=O. The first-order valence-corrected chi connectivity index (χ1v) is 6.35. The number of hydrogen-bond donors (Lipinski definition) is 0. The van der Waals surface area contributed by atoms with E-state index >= 15 is 0 Å². The van der Waals surface area contributed by atoms with E-state index in [9.17, 15) is 9.59 Å². The van der Waals surface area contributed by atoms with Gasteiger partial charge in [0.15, 0.2) is 0 Å². The first-order chi connectivity index (χ1) is 7.20. The highest BCUT2D eigenvalue weighted by atomic mass is 32.2. The van der Waals surface area contributed by atoms with Crippen molar-refractivity contribution >= 4 is 23.6 Å². The van der Waals surface area contributed by atoms with Crippen LogP contribution in [0.2, 0.25) is 0 Å². The molecule has 0 aliphatic carbocycles. The van der Waals surface area contributed by atoms with Crippen LogP contribution in [0.5, 0.6) is 0 Å². The van der Waals surface area contributed by atoms with Gasteiger partial charge in [-0.3, -0.25) is 14.5 Å². The third kappa shape index (κ3) is 3.21. The number of carbonyl (C=O) groups excluding carboxylic acids is 2. The Morgan fingerprint density at radius 2 is 2.20 bits per heavy atom. The maximum atomic E-state index is 11.7. The van der Waals surface area contributed by atoms with Crippen LogP contribution >= 0.6 is 11.8 Å². The topological polar surface area (TPSA) is 46.6 Å². The molecule has 1 heterocycles. The van der Waals surface area contributed by atoms with E-state index in [1.807, 2.05) is 6.26 Å². The van der Waals surface area contributed by atoms with Crippen molar-refractivity contribution in [1.29, 1.82) is 0 Å². The van der Waals surface area contributed by atoms with Crippen LogP contribution in [-0.4, -0.2) is 48.5 Å². The second-order valence-electron chi connectivity index (χ2n) is 3.51. The molecule has 4 nitrogen and oxygen atoms in total. The molecule has 0 radical (unpaired) electrons. The number of nitrogens with zero attached hydrogens (tertiary/aromatic N) is 1. The lowest BCUT2D eigenvalue weighted by Gasteiger charge is -2.13. The lowest BCUT2D eigenvalue weighted by atomic mass is 10.3. The Bertz CT molecular complexity index is 245.